The van der Waals surface area contributed by atoms with Gasteiger partial charge in [-0.1, -0.05) is 23.7 Å². The summed E-state index contributed by atoms with van der Waals surface area (Å²) < 4.78 is 13.8. The van der Waals surface area contributed by atoms with E-state index in [1.54, 1.807) is 18.4 Å². The highest BCUT2D eigenvalue weighted by molar-refractivity contribution is 7.82. The minimum atomic E-state index is -1.11. The lowest BCUT2D eigenvalue weighted by Gasteiger charge is -2.12. The maximum atomic E-state index is 12.1. The Bertz CT molecular complexity index is 668. The van der Waals surface area contributed by atoms with Gasteiger partial charge >= 0.3 is 0 Å². The maximum Gasteiger partial charge on any atom is 0.127 e. The minimum Gasteiger partial charge on any atom is -0.237 e. The van der Waals surface area contributed by atoms with Crippen LogP contribution in [0.3, 0.4) is 0 Å². The number of rotatable bonds is 4. The zero-order valence-corrected chi connectivity index (χ0v) is 15.1. The van der Waals surface area contributed by atoms with Gasteiger partial charge in [0.05, 0.1) is 4.90 Å². The van der Waals surface area contributed by atoms with Crippen LogP contribution in [0.2, 0.25) is 5.02 Å². The van der Waals surface area contributed by atoms with Crippen molar-refractivity contribution in [2.75, 3.05) is 14.1 Å². The van der Waals surface area contributed by atoms with Gasteiger partial charge in [0, 0.05) is 5.02 Å². The number of benzene rings is 2. The fraction of sp³-hybridized carbons (Fsp3) is 0.250. The molecule has 0 amide bonds. The van der Waals surface area contributed by atoms with Crippen LogP contribution in [0.4, 0.5) is 0 Å². The molecule has 0 bridgehead atoms. The van der Waals surface area contributed by atoms with Crippen molar-refractivity contribution in [2.45, 2.75) is 18.2 Å². The van der Waals surface area contributed by atoms with Crippen molar-refractivity contribution in [1.82, 2.24) is 4.31 Å². The molecule has 2 nitrogen and oxygen atoms in total. The topological polar surface area (TPSA) is 20.3 Å². The molecule has 5 heteroatoms. The third-order valence-electron chi connectivity index (χ3n) is 3.15. The Morgan fingerprint density at radius 1 is 1.19 bits per heavy atom. The van der Waals surface area contributed by atoms with Crippen LogP contribution in [0.15, 0.2) is 41.3 Å². The lowest BCUT2D eigenvalue weighted by atomic mass is 10.0. The van der Waals surface area contributed by atoms with Crippen LogP contribution in [-0.2, 0) is 17.4 Å². The van der Waals surface area contributed by atoms with Gasteiger partial charge in [0.1, 0.15) is 11.0 Å². The molecule has 0 N–H and O–H groups in total. The number of nitrogens with zero attached hydrogens (tertiary/aromatic N) is 1. The van der Waals surface area contributed by atoms with E-state index < -0.39 is 11.0 Å². The summed E-state index contributed by atoms with van der Waals surface area (Å²) in [6, 6.07) is 12.0. The standard InChI is InChI=1S/C16H19ClNOPS/c1-11-6-12(9-14(17)7-11)8-13-4-5-15(10-16(13)20)21(19)18(2)3/h4-7,9-10H,8,20H2,1-3H3. The summed E-state index contributed by atoms with van der Waals surface area (Å²) in [5.74, 6) is 0. The van der Waals surface area contributed by atoms with Crippen LogP contribution in [0, 0.1) is 6.92 Å². The second-order valence-electron chi connectivity index (χ2n) is 5.24. The van der Waals surface area contributed by atoms with E-state index in [4.69, 9.17) is 11.6 Å². The summed E-state index contributed by atoms with van der Waals surface area (Å²) in [6.07, 6.45) is 0.815. The normalized spacial score (nSPS) is 12.7. The van der Waals surface area contributed by atoms with Gasteiger partial charge < -0.3 is 0 Å². The largest absolute Gasteiger partial charge is 0.237 e. The quantitative estimate of drug-likeness (QED) is 0.782. The van der Waals surface area contributed by atoms with Gasteiger partial charge in [-0.2, -0.15) is 0 Å². The number of hydrogen-bond acceptors (Lipinski definition) is 1. The molecule has 0 aliphatic rings. The Morgan fingerprint density at radius 2 is 1.90 bits per heavy atom. The van der Waals surface area contributed by atoms with E-state index in [2.05, 4.69) is 15.3 Å². The maximum absolute atomic E-state index is 12.1. The zero-order valence-electron chi connectivity index (χ0n) is 12.4. The third-order valence-corrected chi connectivity index (χ3v) is 5.22. The fourth-order valence-corrected chi connectivity index (χ4v) is 3.83. The first-order chi connectivity index (χ1) is 9.86. The minimum absolute atomic E-state index is 0.764. The van der Waals surface area contributed by atoms with Gasteiger partial charge in [-0.05, 0) is 73.7 Å². The smallest absolute Gasteiger partial charge is 0.127 e. The van der Waals surface area contributed by atoms with Crippen molar-refractivity contribution in [2.24, 2.45) is 0 Å². The molecule has 0 aromatic heterocycles. The van der Waals surface area contributed by atoms with Crippen molar-refractivity contribution >= 4 is 37.1 Å². The fourth-order valence-electron chi connectivity index (χ4n) is 2.19. The number of hydrogen-bond donors (Lipinski definition) is 0. The second-order valence-corrected chi connectivity index (χ2v) is 7.99. The molecular formula is C16H19ClNOPS. The highest BCUT2D eigenvalue weighted by atomic mass is 35.5. The average Bonchev–Trinajstić information content (AvgIpc) is 2.39. The first-order valence-corrected chi connectivity index (χ1v) is 8.66. The highest BCUT2D eigenvalue weighted by Crippen LogP contribution is 2.19. The SMILES string of the molecule is Cc1cc(Cl)cc(Cc2ccc(S(=O)N(C)C)cc2P)c1. The molecule has 2 aromatic carbocycles. The Hall–Kier alpha value is -0.730. The molecule has 0 aliphatic heterocycles. The Balaban J connectivity index is 2.27. The Morgan fingerprint density at radius 3 is 2.48 bits per heavy atom. The summed E-state index contributed by atoms with van der Waals surface area (Å²) in [4.78, 5) is 0.816. The van der Waals surface area contributed by atoms with Crippen LogP contribution in [-0.4, -0.2) is 22.6 Å². The highest BCUT2D eigenvalue weighted by Gasteiger charge is 2.09. The van der Waals surface area contributed by atoms with Crippen LogP contribution in [0.5, 0.6) is 0 Å². The number of halogens is 1. The van der Waals surface area contributed by atoms with Crippen molar-refractivity contribution in [3.05, 3.63) is 58.1 Å². The van der Waals surface area contributed by atoms with Crippen molar-refractivity contribution < 1.29 is 4.21 Å². The van der Waals surface area contributed by atoms with E-state index in [0.717, 1.165) is 27.2 Å². The lowest BCUT2D eigenvalue weighted by molar-refractivity contribution is 0.603. The average molecular weight is 340 g/mol. The van der Waals surface area contributed by atoms with E-state index >= 15 is 0 Å². The molecule has 0 aliphatic carbocycles. The second kappa shape index (κ2) is 7.02. The van der Waals surface area contributed by atoms with Crippen LogP contribution in [0.25, 0.3) is 0 Å². The summed E-state index contributed by atoms with van der Waals surface area (Å²) >= 11 is 6.11. The molecule has 0 heterocycles. The van der Waals surface area contributed by atoms with E-state index in [1.807, 2.05) is 37.3 Å². The van der Waals surface area contributed by atoms with Crippen LogP contribution < -0.4 is 5.30 Å². The summed E-state index contributed by atoms with van der Waals surface area (Å²) in [5.41, 5.74) is 3.54. The zero-order chi connectivity index (χ0) is 15.6. The molecule has 2 atom stereocenters. The van der Waals surface area contributed by atoms with Gasteiger partial charge in [-0.25, -0.2) is 8.51 Å². The van der Waals surface area contributed by atoms with E-state index in [1.165, 1.54) is 11.1 Å². The molecule has 2 rings (SSSR count). The van der Waals surface area contributed by atoms with Gasteiger partial charge in [-0.15, -0.1) is 9.24 Å². The third kappa shape index (κ3) is 4.37. The van der Waals surface area contributed by atoms with Crippen LogP contribution >= 0.6 is 20.8 Å². The number of aryl methyl sites for hydroxylation is 1. The molecule has 112 valence electrons. The first kappa shape index (κ1) is 16.6. The molecule has 21 heavy (non-hydrogen) atoms. The molecular weight excluding hydrogens is 321 g/mol. The Kier molecular flexibility index (Phi) is 5.56. The predicted molar refractivity (Wildman–Crippen MR) is 94.9 cm³/mol. The Labute approximate surface area is 136 Å². The molecule has 2 unspecified atom stereocenters. The summed E-state index contributed by atoms with van der Waals surface area (Å²) in [5, 5.41) is 1.83. The van der Waals surface area contributed by atoms with Crippen LogP contribution in [0.1, 0.15) is 16.7 Å². The predicted octanol–water partition coefficient (Wildman–Crippen LogP) is 3.32. The van der Waals surface area contributed by atoms with Crippen molar-refractivity contribution in [1.29, 1.82) is 0 Å². The molecule has 0 spiro atoms. The van der Waals surface area contributed by atoms with Crippen molar-refractivity contribution in [3.8, 4) is 0 Å². The molecule has 0 radical (unpaired) electrons. The van der Waals surface area contributed by atoms with Gasteiger partial charge in [-0.3, -0.25) is 0 Å². The monoisotopic (exact) mass is 339 g/mol. The molecule has 0 saturated heterocycles. The van der Waals surface area contributed by atoms with E-state index in [-0.39, 0.29) is 0 Å². The van der Waals surface area contributed by atoms with Gasteiger partial charge in [0.15, 0.2) is 0 Å². The molecule has 2 aromatic rings. The molecule has 0 fully saturated rings. The van der Waals surface area contributed by atoms with Crippen molar-refractivity contribution in [3.63, 3.8) is 0 Å². The van der Waals surface area contributed by atoms with E-state index in [9.17, 15) is 4.21 Å². The summed E-state index contributed by atoms with van der Waals surface area (Å²) in [6.45, 7) is 2.04. The first-order valence-electron chi connectivity index (χ1n) is 6.60. The lowest BCUT2D eigenvalue weighted by Crippen LogP contribution is -2.16. The molecule has 0 saturated carbocycles. The van der Waals surface area contributed by atoms with Gasteiger partial charge in [0.25, 0.3) is 0 Å². The van der Waals surface area contributed by atoms with E-state index in [0.29, 0.717) is 0 Å². The van der Waals surface area contributed by atoms with Gasteiger partial charge in [0.2, 0.25) is 0 Å². The summed E-state index contributed by atoms with van der Waals surface area (Å²) in [7, 11) is 5.24.